The maximum atomic E-state index is 11.7. The Labute approximate surface area is 119 Å². The van der Waals surface area contributed by atoms with Crippen molar-refractivity contribution in [2.24, 2.45) is 0 Å². The number of hydrogen-bond acceptors (Lipinski definition) is 6. The van der Waals surface area contributed by atoms with Gasteiger partial charge in [0.1, 0.15) is 11.3 Å². The van der Waals surface area contributed by atoms with Crippen LogP contribution in [0, 0.1) is 0 Å². The van der Waals surface area contributed by atoms with Crippen molar-refractivity contribution in [3.8, 4) is 5.75 Å². The quantitative estimate of drug-likeness (QED) is 0.448. The lowest BCUT2D eigenvalue weighted by Crippen LogP contribution is -2.42. The molecule has 0 bridgehead atoms. The van der Waals surface area contributed by atoms with Crippen LogP contribution in [0.2, 0.25) is 6.04 Å². The van der Waals surface area contributed by atoms with E-state index in [2.05, 4.69) is 0 Å². The molecule has 0 aromatic heterocycles. The highest BCUT2D eigenvalue weighted by atomic mass is 28.4. The molecule has 0 atom stereocenters. The lowest BCUT2D eigenvalue weighted by atomic mass is 10.2. The van der Waals surface area contributed by atoms with Crippen LogP contribution in [0.25, 0.3) is 0 Å². The first-order valence-corrected chi connectivity index (χ1v) is 8.12. The second kappa shape index (κ2) is 8.00. The lowest BCUT2D eigenvalue weighted by molar-refractivity contribution is 0.0490. The van der Waals surface area contributed by atoms with Gasteiger partial charge in [0.25, 0.3) is 0 Å². The molecule has 0 aliphatic heterocycles. The molecule has 0 aliphatic rings. The topological polar surface area (TPSA) is 74.2 Å². The van der Waals surface area contributed by atoms with Gasteiger partial charge in [-0.15, -0.1) is 0 Å². The van der Waals surface area contributed by atoms with Gasteiger partial charge in [-0.3, -0.25) is 0 Å². The smallest absolute Gasteiger partial charge is 0.500 e. The third-order valence-corrected chi connectivity index (χ3v) is 5.75. The number of phenols is 1. The van der Waals surface area contributed by atoms with Crippen LogP contribution >= 0.6 is 0 Å². The monoisotopic (exact) mass is 300 g/mol. The maximum absolute atomic E-state index is 11.7. The van der Waals surface area contributed by atoms with Gasteiger partial charge in [-0.1, -0.05) is 12.1 Å². The molecule has 0 aliphatic carbocycles. The minimum Gasteiger partial charge on any atom is -0.507 e. The highest BCUT2D eigenvalue weighted by molar-refractivity contribution is 6.60. The number of esters is 1. The number of phenolic OH excluding ortho intramolecular Hbond substituents is 1. The number of benzene rings is 1. The third kappa shape index (κ3) is 4.31. The van der Waals surface area contributed by atoms with E-state index in [1.54, 1.807) is 12.1 Å². The average Bonchev–Trinajstić information content (AvgIpc) is 2.48. The lowest BCUT2D eigenvalue weighted by Gasteiger charge is -2.24. The Morgan fingerprint density at radius 3 is 2.30 bits per heavy atom. The molecule has 0 saturated heterocycles. The number of aromatic hydroxyl groups is 1. The highest BCUT2D eigenvalue weighted by Gasteiger charge is 2.37. The summed E-state index contributed by atoms with van der Waals surface area (Å²) < 4.78 is 20.9. The van der Waals surface area contributed by atoms with E-state index in [9.17, 15) is 9.90 Å². The van der Waals surface area contributed by atoms with Gasteiger partial charge in [0, 0.05) is 27.4 Å². The van der Waals surface area contributed by atoms with Crippen LogP contribution in [0.15, 0.2) is 24.3 Å². The maximum Gasteiger partial charge on any atom is 0.500 e. The SMILES string of the molecule is CO[Si](CCCOC(=O)c1ccccc1O)(OC)OC. The van der Waals surface area contributed by atoms with Gasteiger partial charge in [0.2, 0.25) is 0 Å². The summed E-state index contributed by atoms with van der Waals surface area (Å²) in [5, 5.41) is 9.53. The van der Waals surface area contributed by atoms with Crippen molar-refractivity contribution in [3.05, 3.63) is 29.8 Å². The molecule has 7 heteroatoms. The van der Waals surface area contributed by atoms with Crippen LogP contribution in [-0.2, 0) is 18.0 Å². The van der Waals surface area contributed by atoms with Crippen molar-refractivity contribution in [2.45, 2.75) is 12.5 Å². The molecule has 1 aromatic carbocycles. The molecule has 0 spiro atoms. The van der Waals surface area contributed by atoms with E-state index in [-0.39, 0.29) is 17.9 Å². The van der Waals surface area contributed by atoms with Gasteiger partial charge < -0.3 is 23.1 Å². The van der Waals surface area contributed by atoms with E-state index in [0.717, 1.165) is 0 Å². The van der Waals surface area contributed by atoms with Gasteiger partial charge in [0.05, 0.1) is 6.61 Å². The summed E-state index contributed by atoms with van der Waals surface area (Å²) in [6.45, 7) is 0.206. The van der Waals surface area contributed by atoms with Gasteiger partial charge in [-0.05, 0) is 18.6 Å². The molecular weight excluding hydrogens is 280 g/mol. The minimum absolute atomic E-state index is 0.0908. The first-order valence-electron chi connectivity index (χ1n) is 6.19. The first kappa shape index (κ1) is 16.6. The normalized spacial score (nSPS) is 11.3. The van der Waals surface area contributed by atoms with E-state index in [1.807, 2.05) is 0 Å². The van der Waals surface area contributed by atoms with Crippen molar-refractivity contribution in [1.29, 1.82) is 0 Å². The van der Waals surface area contributed by atoms with Crippen molar-refractivity contribution in [3.63, 3.8) is 0 Å². The second-order valence-electron chi connectivity index (χ2n) is 4.05. The zero-order valence-corrected chi connectivity index (χ0v) is 12.9. The summed E-state index contributed by atoms with van der Waals surface area (Å²) in [4.78, 5) is 11.7. The Hall–Kier alpha value is -1.41. The third-order valence-electron chi connectivity index (χ3n) is 2.92. The van der Waals surface area contributed by atoms with Crippen LogP contribution in [0.1, 0.15) is 16.8 Å². The molecule has 0 unspecified atom stereocenters. The number of hydrogen-bond donors (Lipinski definition) is 1. The second-order valence-corrected chi connectivity index (χ2v) is 7.14. The van der Waals surface area contributed by atoms with E-state index >= 15 is 0 Å². The fraction of sp³-hybridized carbons (Fsp3) is 0.462. The number of rotatable bonds is 8. The van der Waals surface area contributed by atoms with E-state index < -0.39 is 14.8 Å². The van der Waals surface area contributed by atoms with Crippen LogP contribution in [0.5, 0.6) is 5.75 Å². The van der Waals surface area contributed by atoms with Crippen LogP contribution < -0.4 is 0 Å². The van der Waals surface area contributed by atoms with Gasteiger partial charge in [-0.25, -0.2) is 4.79 Å². The van der Waals surface area contributed by atoms with Gasteiger partial charge in [0.15, 0.2) is 0 Å². The number of ether oxygens (including phenoxy) is 1. The largest absolute Gasteiger partial charge is 0.507 e. The molecule has 0 heterocycles. The molecule has 6 nitrogen and oxygen atoms in total. The molecule has 112 valence electrons. The Morgan fingerprint density at radius 2 is 1.75 bits per heavy atom. The van der Waals surface area contributed by atoms with Crippen LogP contribution in [0.4, 0.5) is 0 Å². The molecule has 0 radical (unpaired) electrons. The number of carbonyl (C=O) groups is 1. The molecule has 0 fully saturated rings. The Kier molecular flexibility index (Phi) is 6.66. The number of para-hydroxylation sites is 1. The average molecular weight is 300 g/mol. The van der Waals surface area contributed by atoms with E-state index in [4.69, 9.17) is 18.0 Å². The van der Waals surface area contributed by atoms with Crippen molar-refractivity contribution in [1.82, 2.24) is 0 Å². The molecular formula is C13H20O6Si. The van der Waals surface area contributed by atoms with Gasteiger partial charge >= 0.3 is 14.8 Å². The standard InChI is InChI=1S/C13H20O6Si/c1-16-20(17-2,18-3)10-6-9-19-13(15)11-7-4-5-8-12(11)14/h4-5,7-8,14H,6,9-10H2,1-3H3. The molecule has 0 saturated carbocycles. The summed E-state index contributed by atoms with van der Waals surface area (Å²) in [5.41, 5.74) is 0.154. The molecule has 1 N–H and O–H groups in total. The Morgan fingerprint density at radius 1 is 1.15 bits per heavy atom. The summed E-state index contributed by atoms with van der Waals surface area (Å²) in [6, 6.07) is 6.80. The summed E-state index contributed by atoms with van der Waals surface area (Å²) >= 11 is 0. The Balaban J connectivity index is 2.42. The molecule has 0 amide bonds. The Bertz CT molecular complexity index is 424. The molecule has 20 heavy (non-hydrogen) atoms. The fourth-order valence-electron chi connectivity index (χ4n) is 1.73. The van der Waals surface area contributed by atoms with E-state index in [0.29, 0.717) is 12.5 Å². The van der Waals surface area contributed by atoms with Crippen molar-refractivity contribution >= 4 is 14.8 Å². The zero-order chi connectivity index (χ0) is 15.0. The predicted molar refractivity (Wildman–Crippen MR) is 74.6 cm³/mol. The van der Waals surface area contributed by atoms with Crippen molar-refractivity contribution < 1.29 is 27.9 Å². The fourth-order valence-corrected chi connectivity index (χ4v) is 3.42. The van der Waals surface area contributed by atoms with Gasteiger partial charge in [-0.2, -0.15) is 0 Å². The summed E-state index contributed by atoms with van der Waals surface area (Å²) in [5.74, 6) is -0.644. The van der Waals surface area contributed by atoms with Crippen LogP contribution in [-0.4, -0.2) is 47.8 Å². The predicted octanol–water partition coefficient (Wildman–Crippen LogP) is 1.82. The minimum atomic E-state index is -2.62. The van der Waals surface area contributed by atoms with Crippen molar-refractivity contribution in [2.75, 3.05) is 27.9 Å². The summed E-state index contributed by atoms with van der Waals surface area (Å²) in [7, 11) is 1.98. The zero-order valence-electron chi connectivity index (χ0n) is 11.9. The highest BCUT2D eigenvalue weighted by Crippen LogP contribution is 2.18. The molecule has 1 rings (SSSR count). The number of carbonyl (C=O) groups excluding carboxylic acids is 1. The summed E-state index contributed by atoms with van der Waals surface area (Å²) in [6.07, 6.45) is 0.557. The van der Waals surface area contributed by atoms with Crippen LogP contribution in [0.3, 0.4) is 0 Å². The van der Waals surface area contributed by atoms with E-state index in [1.165, 1.54) is 33.5 Å². The molecule has 1 aromatic rings. The first-order chi connectivity index (χ1) is 9.58.